The zero-order valence-corrected chi connectivity index (χ0v) is 6.61. The Morgan fingerprint density at radius 3 is 2.33 bits per heavy atom. The number of ketones is 1. The molecule has 0 radical (unpaired) electrons. The zero-order valence-electron chi connectivity index (χ0n) is 6.61. The molecule has 0 aromatic heterocycles. The molecule has 1 aliphatic rings. The van der Waals surface area contributed by atoms with Crippen LogP contribution in [0.3, 0.4) is 0 Å². The molecule has 1 saturated heterocycles. The van der Waals surface area contributed by atoms with Gasteiger partial charge in [-0.2, -0.15) is 13.2 Å². The summed E-state index contributed by atoms with van der Waals surface area (Å²) in [6.07, 6.45) is -4.25. The van der Waals surface area contributed by atoms with E-state index in [0.29, 0.717) is 0 Å². The lowest BCUT2D eigenvalue weighted by molar-refractivity contribution is -0.181. The number of hydrogen-bond acceptors (Lipinski definition) is 2. The van der Waals surface area contributed by atoms with Gasteiger partial charge in [0.05, 0.1) is 5.92 Å². The Hall–Kier alpha value is -0.580. The van der Waals surface area contributed by atoms with Crippen molar-refractivity contribution in [3.05, 3.63) is 0 Å². The molecule has 0 aromatic carbocycles. The Morgan fingerprint density at radius 1 is 1.42 bits per heavy atom. The second-order valence-electron chi connectivity index (χ2n) is 3.02. The third-order valence-corrected chi connectivity index (χ3v) is 2.16. The molecule has 0 aromatic rings. The van der Waals surface area contributed by atoms with Crippen molar-refractivity contribution in [2.45, 2.75) is 13.1 Å². The highest BCUT2D eigenvalue weighted by Crippen LogP contribution is 2.34. The van der Waals surface area contributed by atoms with E-state index in [1.165, 1.54) is 6.92 Å². The lowest BCUT2D eigenvalue weighted by atomic mass is 9.92. The molecule has 1 fully saturated rings. The number of carbonyl (C=O) groups is 1. The second-order valence-corrected chi connectivity index (χ2v) is 3.02. The first kappa shape index (κ1) is 9.51. The Morgan fingerprint density at radius 2 is 2.00 bits per heavy atom. The third kappa shape index (κ3) is 1.77. The maximum Gasteiger partial charge on any atom is 0.393 e. The Kier molecular flexibility index (Phi) is 2.41. The van der Waals surface area contributed by atoms with Crippen LogP contribution < -0.4 is 5.32 Å². The van der Waals surface area contributed by atoms with Crippen molar-refractivity contribution in [3.63, 3.8) is 0 Å². The number of alkyl halides is 3. The lowest BCUT2D eigenvalue weighted by Crippen LogP contribution is -2.32. The summed E-state index contributed by atoms with van der Waals surface area (Å²) in [5.41, 5.74) is 0. The molecule has 2 nitrogen and oxygen atoms in total. The molecule has 0 spiro atoms. The number of rotatable bonds is 1. The fourth-order valence-electron chi connectivity index (χ4n) is 1.45. The van der Waals surface area contributed by atoms with Gasteiger partial charge in [-0.05, 0) is 6.92 Å². The SMILES string of the molecule is CC(=O)[C@@H]1CNC[C@H]1C(F)(F)F. The van der Waals surface area contributed by atoms with Crippen LogP contribution >= 0.6 is 0 Å². The van der Waals surface area contributed by atoms with E-state index in [1.807, 2.05) is 0 Å². The standard InChI is InChI=1S/C7H10F3NO/c1-4(12)5-2-11-3-6(5)7(8,9)10/h5-6,11H,2-3H2,1H3/t5-,6+/m0/s1. The zero-order chi connectivity index (χ0) is 9.35. The highest BCUT2D eigenvalue weighted by Gasteiger charge is 2.48. The van der Waals surface area contributed by atoms with Crippen LogP contribution in [0.2, 0.25) is 0 Å². The molecule has 0 saturated carbocycles. The smallest absolute Gasteiger partial charge is 0.315 e. The summed E-state index contributed by atoms with van der Waals surface area (Å²) in [6.45, 7) is 1.23. The van der Waals surface area contributed by atoms with Crippen molar-refractivity contribution < 1.29 is 18.0 Å². The maximum atomic E-state index is 12.2. The Balaban J connectivity index is 2.71. The number of carbonyl (C=O) groups excluding carboxylic acids is 1. The average Bonchev–Trinajstić information content (AvgIpc) is 2.30. The second kappa shape index (κ2) is 3.05. The van der Waals surface area contributed by atoms with Gasteiger partial charge in [-0.25, -0.2) is 0 Å². The maximum absolute atomic E-state index is 12.2. The van der Waals surface area contributed by atoms with E-state index in [4.69, 9.17) is 0 Å². The molecule has 70 valence electrons. The van der Waals surface area contributed by atoms with Gasteiger partial charge < -0.3 is 5.32 Å². The quantitative estimate of drug-likeness (QED) is 0.653. The van der Waals surface area contributed by atoms with Crippen LogP contribution in [-0.2, 0) is 4.79 Å². The largest absolute Gasteiger partial charge is 0.393 e. The van der Waals surface area contributed by atoms with Gasteiger partial charge in [0.25, 0.3) is 0 Å². The van der Waals surface area contributed by atoms with Crippen molar-refractivity contribution in [1.29, 1.82) is 0 Å². The van der Waals surface area contributed by atoms with E-state index >= 15 is 0 Å². The lowest BCUT2D eigenvalue weighted by Gasteiger charge is -2.18. The molecular weight excluding hydrogens is 171 g/mol. The first-order valence-electron chi connectivity index (χ1n) is 3.71. The Bertz CT molecular complexity index is 190. The fraction of sp³-hybridized carbons (Fsp3) is 0.857. The molecule has 2 atom stereocenters. The van der Waals surface area contributed by atoms with E-state index in [-0.39, 0.29) is 18.9 Å². The van der Waals surface area contributed by atoms with Crippen LogP contribution in [0.15, 0.2) is 0 Å². The summed E-state index contributed by atoms with van der Waals surface area (Å²) in [7, 11) is 0. The van der Waals surface area contributed by atoms with Crippen molar-refractivity contribution >= 4 is 5.78 Å². The first-order chi connectivity index (χ1) is 5.43. The van der Waals surface area contributed by atoms with E-state index in [9.17, 15) is 18.0 Å². The number of Topliss-reactive ketones (excluding diaryl/α,β-unsaturated/α-hetero) is 1. The Labute approximate surface area is 68.1 Å². The average molecular weight is 181 g/mol. The van der Waals surface area contributed by atoms with Gasteiger partial charge in [-0.3, -0.25) is 4.79 Å². The predicted molar refractivity (Wildman–Crippen MR) is 36.6 cm³/mol. The minimum Gasteiger partial charge on any atom is -0.315 e. The van der Waals surface area contributed by atoms with Crippen LogP contribution in [0.25, 0.3) is 0 Å². The van der Waals surface area contributed by atoms with Crippen molar-refractivity contribution in [2.24, 2.45) is 11.8 Å². The van der Waals surface area contributed by atoms with E-state index in [1.54, 1.807) is 0 Å². The number of halogens is 3. The number of hydrogen-bond donors (Lipinski definition) is 1. The monoisotopic (exact) mass is 181 g/mol. The van der Waals surface area contributed by atoms with Crippen molar-refractivity contribution in [1.82, 2.24) is 5.32 Å². The highest BCUT2D eigenvalue weighted by atomic mass is 19.4. The summed E-state index contributed by atoms with van der Waals surface area (Å²) >= 11 is 0. The van der Waals surface area contributed by atoms with Crippen molar-refractivity contribution in [2.75, 3.05) is 13.1 Å². The van der Waals surface area contributed by atoms with Crippen LogP contribution in [-0.4, -0.2) is 25.0 Å². The van der Waals surface area contributed by atoms with Crippen LogP contribution in [0.1, 0.15) is 6.92 Å². The van der Waals surface area contributed by atoms with E-state index < -0.39 is 18.0 Å². The van der Waals surface area contributed by atoms with E-state index in [0.717, 1.165) is 0 Å². The van der Waals surface area contributed by atoms with Gasteiger partial charge in [-0.1, -0.05) is 0 Å². The molecule has 1 rings (SSSR count). The van der Waals surface area contributed by atoms with Gasteiger partial charge in [0.2, 0.25) is 0 Å². The molecule has 0 aliphatic carbocycles. The highest BCUT2D eigenvalue weighted by molar-refractivity contribution is 5.79. The van der Waals surface area contributed by atoms with E-state index in [2.05, 4.69) is 5.32 Å². The summed E-state index contributed by atoms with van der Waals surface area (Å²) < 4.78 is 36.5. The van der Waals surface area contributed by atoms with Gasteiger partial charge in [0, 0.05) is 19.0 Å². The molecule has 5 heteroatoms. The van der Waals surface area contributed by atoms with Crippen LogP contribution in [0.4, 0.5) is 13.2 Å². The molecule has 1 N–H and O–H groups in total. The van der Waals surface area contributed by atoms with Crippen LogP contribution in [0.5, 0.6) is 0 Å². The molecular formula is C7H10F3NO. The molecule has 0 bridgehead atoms. The number of nitrogens with one attached hydrogen (secondary N) is 1. The first-order valence-corrected chi connectivity index (χ1v) is 3.71. The predicted octanol–water partition coefficient (Wildman–Crippen LogP) is 0.973. The molecule has 0 amide bonds. The summed E-state index contributed by atoms with van der Waals surface area (Å²) in [5, 5.41) is 2.57. The summed E-state index contributed by atoms with van der Waals surface area (Å²) in [6, 6.07) is 0. The van der Waals surface area contributed by atoms with Crippen LogP contribution in [0, 0.1) is 11.8 Å². The molecule has 1 aliphatic heterocycles. The normalized spacial score (nSPS) is 30.7. The summed E-state index contributed by atoms with van der Waals surface area (Å²) in [4.78, 5) is 10.8. The fourth-order valence-corrected chi connectivity index (χ4v) is 1.45. The molecule has 1 heterocycles. The van der Waals surface area contributed by atoms with Gasteiger partial charge in [0.15, 0.2) is 0 Å². The van der Waals surface area contributed by atoms with Gasteiger partial charge in [0.1, 0.15) is 5.78 Å². The minimum atomic E-state index is -4.25. The minimum absolute atomic E-state index is 0.131. The topological polar surface area (TPSA) is 29.1 Å². The molecule has 12 heavy (non-hydrogen) atoms. The van der Waals surface area contributed by atoms with Gasteiger partial charge >= 0.3 is 6.18 Å². The third-order valence-electron chi connectivity index (χ3n) is 2.16. The van der Waals surface area contributed by atoms with Crippen molar-refractivity contribution in [3.8, 4) is 0 Å². The van der Waals surface area contributed by atoms with Gasteiger partial charge in [-0.15, -0.1) is 0 Å². The summed E-state index contributed by atoms with van der Waals surface area (Å²) in [5.74, 6) is -2.76. The molecule has 0 unspecified atom stereocenters.